The van der Waals surface area contributed by atoms with Crippen LogP contribution in [0.2, 0.25) is 0 Å². The molecule has 0 bridgehead atoms. The second-order valence-electron chi connectivity index (χ2n) is 13.2. The lowest BCUT2D eigenvalue weighted by molar-refractivity contribution is 0.402. The van der Waals surface area contributed by atoms with Gasteiger partial charge in [0.25, 0.3) is 0 Å². The predicted molar refractivity (Wildman–Crippen MR) is 198 cm³/mol. The van der Waals surface area contributed by atoms with Crippen LogP contribution in [-0.4, -0.2) is 14.5 Å². The summed E-state index contributed by atoms with van der Waals surface area (Å²) in [5, 5.41) is 2.17. The minimum Gasteiger partial charge on any atom is -0.310 e. The summed E-state index contributed by atoms with van der Waals surface area (Å²) in [6, 6.07) is 49.1. The minimum atomic E-state index is -1.32. The Hall–Kier alpha value is -6.07. The first-order valence-electron chi connectivity index (χ1n) is 16.6. The molecule has 1 aliphatic rings. The van der Waals surface area contributed by atoms with E-state index in [1.807, 2.05) is 79.0 Å². The average Bonchev–Trinajstić information content (AvgIpc) is 3.49. The molecule has 0 radical (unpaired) electrons. The maximum atomic E-state index is 16.6. The van der Waals surface area contributed by atoms with Crippen molar-refractivity contribution in [3.8, 4) is 17.1 Å². The SMILES string of the molecule is CC1(C)c2ccccc2N(c2ccccc2)c2ccc3c4ccc(C(F)c5cccc(-c6ccccn6)c5)cc4n(-c4ccccn4)c3c21. The monoisotopic (exact) mass is 636 g/mol. The van der Waals surface area contributed by atoms with Gasteiger partial charge in [0.2, 0.25) is 0 Å². The van der Waals surface area contributed by atoms with Crippen LogP contribution in [0.1, 0.15) is 42.3 Å². The fourth-order valence-electron chi connectivity index (χ4n) is 7.69. The van der Waals surface area contributed by atoms with E-state index in [0.29, 0.717) is 11.1 Å². The lowest BCUT2D eigenvalue weighted by atomic mass is 9.72. The summed E-state index contributed by atoms with van der Waals surface area (Å²) in [5.41, 5.74) is 10.4. The Balaban J connectivity index is 1.31. The first-order valence-corrected chi connectivity index (χ1v) is 16.6. The lowest BCUT2D eigenvalue weighted by Crippen LogP contribution is -2.31. The molecule has 4 nitrogen and oxygen atoms in total. The van der Waals surface area contributed by atoms with Gasteiger partial charge in [-0.1, -0.05) is 98.8 Å². The third-order valence-electron chi connectivity index (χ3n) is 9.94. The van der Waals surface area contributed by atoms with Crippen LogP contribution in [0, 0.1) is 0 Å². The van der Waals surface area contributed by atoms with Gasteiger partial charge in [-0.25, -0.2) is 9.37 Å². The number of rotatable bonds is 5. The first-order chi connectivity index (χ1) is 24.0. The van der Waals surface area contributed by atoms with Crippen molar-refractivity contribution in [3.05, 3.63) is 180 Å². The fourth-order valence-corrected chi connectivity index (χ4v) is 7.69. The van der Waals surface area contributed by atoms with Gasteiger partial charge in [-0.15, -0.1) is 0 Å². The standard InChI is InChI=1S/C44H33FN4/c1-44(2)35-17-6-7-19-37(35)48(32-15-4-3-5-16-32)38-24-23-34-33-22-21-31(28-39(33)49(43(34)41(38)44)40-20-9-11-26-47-40)42(45)30-14-12-13-29(27-30)36-18-8-10-25-46-36/h3-28,42H,1-2H3. The molecule has 1 atom stereocenters. The van der Waals surface area contributed by atoms with Crippen molar-refractivity contribution in [2.45, 2.75) is 25.4 Å². The van der Waals surface area contributed by atoms with Crippen molar-refractivity contribution < 1.29 is 4.39 Å². The van der Waals surface area contributed by atoms with Crippen molar-refractivity contribution >= 4 is 38.9 Å². The Morgan fingerprint density at radius 1 is 0.612 bits per heavy atom. The van der Waals surface area contributed by atoms with Crippen LogP contribution >= 0.6 is 0 Å². The van der Waals surface area contributed by atoms with Crippen LogP contribution in [0.4, 0.5) is 21.5 Å². The van der Waals surface area contributed by atoms with Gasteiger partial charge < -0.3 is 4.90 Å². The van der Waals surface area contributed by atoms with Crippen LogP contribution < -0.4 is 4.90 Å². The van der Waals surface area contributed by atoms with E-state index in [2.05, 4.69) is 101 Å². The number of fused-ring (bicyclic) bond motifs is 6. The molecule has 5 aromatic carbocycles. The molecule has 1 aliphatic heterocycles. The topological polar surface area (TPSA) is 34.0 Å². The highest BCUT2D eigenvalue weighted by molar-refractivity contribution is 6.13. The van der Waals surface area contributed by atoms with Crippen LogP contribution in [0.3, 0.4) is 0 Å². The third kappa shape index (κ3) is 4.57. The van der Waals surface area contributed by atoms with Crippen LogP contribution in [0.15, 0.2) is 158 Å². The summed E-state index contributed by atoms with van der Waals surface area (Å²) in [7, 11) is 0. The molecule has 0 aliphatic carbocycles. The summed E-state index contributed by atoms with van der Waals surface area (Å²) in [4.78, 5) is 11.7. The molecule has 0 saturated heterocycles. The number of halogens is 1. The number of hydrogen-bond donors (Lipinski definition) is 0. The molecule has 0 N–H and O–H groups in total. The molecule has 8 aromatic rings. The number of nitrogens with zero attached hydrogens (tertiary/aromatic N) is 4. The van der Waals surface area contributed by atoms with Crippen molar-refractivity contribution in [3.63, 3.8) is 0 Å². The van der Waals surface area contributed by atoms with Gasteiger partial charge in [0.15, 0.2) is 6.17 Å². The fraction of sp³-hybridized carbons (Fsp3) is 0.0909. The molecule has 9 rings (SSSR count). The van der Waals surface area contributed by atoms with E-state index in [9.17, 15) is 0 Å². The second kappa shape index (κ2) is 11.3. The number of hydrogen-bond acceptors (Lipinski definition) is 3. The second-order valence-corrected chi connectivity index (χ2v) is 13.2. The number of anilines is 3. The van der Waals surface area contributed by atoms with E-state index in [1.165, 1.54) is 16.8 Å². The van der Waals surface area contributed by atoms with Gasteiger partial charge in [0.05, 0.1) is 28.1 Å². The van der Waals surface area contributed by atoms with Crippen LogP contribution in [0.25, 0.3) is 38.9 Å². The average molecular weight is 637 g/mol. The number of alkyl halides is 1. The van der Waals surface area contributed by atoms with E-state index in [0.717, 1.165) is 50.3 Å². The molecule has 0 amide bonds. The zero-order valence-corrected chi connectivity index (χ0v) is 27.3. The van der Waals surface area contributed by atoms with E-state index in [-0.39, 0.29) is 5.41 Å². The van der Waals surface area contributed by atoms with Gasteiger partial charge in [-0.2, -0.15) is 0 Å². The molecule has 0 fully saturated rings. The molecule has 1 unspecified atom stereocenters. The Labute approximate surface area is 284 Å². The van der Waals surface area contributed by atoms with E-state index < -0.39 is 6.17 Å². The van der Waals surface area contributed by atoms with Crippen molar-refractivity contribution in [1.82, 2.24) is 14.5 Å². The predicted octanol–water partition coefficient (Wildman–Crippen LogP) is 11.4. The first kappa shape index (κ1) is 29.1. The smallest absolute Gasteiger partial charge is 0.150 e. The molecular formula is C44H33FN4. The Morgan fingerprint density at radius 2 is 1.35 bits per heavy atom. The Kier molecular flexibility index (Phi) is 6.70. The number of para-hydroxylation sites is 2. The summed E-state index contributed by atoms with van der Waals surface area (Å²) in [6.45, 7) is 4.62. The zero-order chi connectivity index (χ0) is 33.1. The largest absolute Gasteiger partial charge is 0.310 e. The molecule has 5 heteroatoms. The minimum absolute atomic E-state index is 0.352. The van der Waals surface area contributed by atoms with Crippen molar-refractivity contribution in [1.29, 1.82) is 0 Å². The summed E-state index contributed by atoms with van der Waals surface area (Å²) in [6.07, 6.45) is 2.26. The molecule has 0 saturated carbocycles. The van der Waals surface area contributed by atoms with E-state index >= 15 is 4.39 Å². The van der Waals surface area contributed by atoms with E-state index in [4.69, 9.17) is 4.98 Å². The molecular weight excluding hydrogens is 604 g/mol. The van der Waals surface area contributed by atoms with Crippen molar-refractivity contribution in [2.75, 3.05) is 4.90 Å². The summed E-state index contributed by atoms with van der Waals surface area (Å²) < 4.78 is 18.9. The van der Waals surface area contributed by atoms with Gasteiger partial charge in [-0.3, -0.25) is 9.55 Å². The zero-order valence-electron chi connectivity index (χ0n) is 27.3. The maximum Gasteiger partial charge on any atom is 0.150 e. The molecule has 236 valence electrons. The Bertz CT molecular complexity index is 2490. The lowest BCUT2D eigenvalue weighted by Gasteiger charge is -2.42. The highest BCUT2D eigenvalue weighted by atomic mass is 19.1. The molecule has 4 heterocycles. The molecule has 0 spiro atoms. The summed E-state index contributed by atoms with van der Waals surface area (Å²) >= 11 is 0. The number of pyridine rings is 2. The summed E-state index contributed by atoms with van der Waals surface area (Å²) in [5.74, 6) is 0.793. The van der Waals surface area contributed by atoms with Gasteiger partial charge >= 0.3 is 0 Å². The highest BCUT2D eigenvalue weighted by Crippen LogP contribution is 2.55. The third-order valence-corrected chi connectivity index (χ3v) is 9.94. The quantitative estimate of drug-likeness (QED) is 0.188. The number of aromatic nitrogens is 3. The van der Waals surface area contributed by atoms with Gasteiger partial charge in [-0.05, 0) is 77.4 Å². The normalized spacial score (nSPS) is 14.1. The Morgan fingerprint density at radius 3 is 2.14 bits per heavy atom. The van der Waals surface area contributed by atoms with Gasteiger partial charge in [0.1, 0.15) is 5.82 Å². The van der Waals surface area contributed by atoms with Crippen LogP contribution in [0.5, 0.6) is 0 Å². The molecule has 3 aromatic heterocycles. The molecule has 49 heavy (non-hydrogen) atoms. The number of benzene rings is 5. The maximum absolute atomic E-state index is 16.6. The van der Waals surface area contributed by atoms with E-state index in [1.54, 1.807) is 6.20 Å². The van der Waals surface area contributed by atoms with Gasteiger partial charge in [0, 0.05) is 45.4 Å². The highest BCUT2D eigenvalue weighted by Gasteiger charge is 2.39. The van der Waals surface area contributed by atoms with Crippen molar-refractivity contribution in [2.24, 2.45) is 0 Å². The van der Waals surface area contributed by atoms with Crippen LogP contribution in [-0.2, 0) is 5.41 Å².